The third-order valence-corrected chi connectivity index (χ3v) is 3.45. The number of hydrogen-bond donors (Lipinski definition) is 1. The largest absolute Gasteiger partial charge is 0.480 e. The molecule has 104 valence electrons. The number of rotatable bonds is 3. The molecule has 1 aromatic heterocycles. The van der Waals surface area contributed by atoms with Crippen molar-refractivity contribution in [3.8, 4) is 0 Å². The Morgan fingerprint density at radius 2 is 2.16 bits per heavy atom. The average molecular weight is 265 g/mol. The van der Waals surface area contributed by atoms with Crippen LogP contribution in [-0.4, -0.2) is 64.1 Å². The molecular formula is C13H19N3O3. The minimum Gasteiger partial charge on any atom is -0.480 e. The van der Waals surface area contributed by atoms with E-state index in [4.69, 9.17) is 5.11 Å². The lowest BCUT2D eigenvalue weighted by Crippen LogP contribution is -2.53. The second-order valence-electron chi connectivity index (χ2n) is 5.02. The monoisotopic (exact) mass is 265 g/mol. The van der Waals surface area contributed by atoms with E-state index in [1.54, 1.807) is 18.3 Å². The van der Waals surface area contributed by atoms with Crippen molar-refractivity contribution in [1.82, 2.24) is 14.4 Å². The summed E-state index contributed by atoms with van der Waals surface area (Å²) in [6, 6.07) is 3.52. The maximum Gasteiger partial charge on any atom is 0.323 e. The summed E-state index contributed by atoms with van der Waals surface area (Å²) in [4.78, 5) is 27.2. The lowest BCUT2D eigenvalue weighted by molar-refractivity contribution is -0.137. The quantitative estimate of drug-likeness (QED) is 0.856. The first kappa shape index (κ1) is 13.6. The Morgan fingerprint density at radius 3 is 2.79 bits per heavy atom. The van der Waals surface area contributed by atoms with Crippen molar-refractivity contribution in [2.75, 3.05) is 26.7 Å². The molecule has 0 aromatic carbocycles. The number of carbonyl (C=O) groups is 2. The molecule has 0 radical (unpaired) electrons. The van der Waals surface area contributed by atoms with E-state index in [9.17, 15) is 9.59 Å². The number of carbonyl (C=O) groups excluding carboxylic acids is 1. The van der Waals surface area contributed by atoms with Crippen LogP contribution in [0.25, 0.3) is 0 Å². The Balaban J connectivity index is 2.15. The Bertz CT molecular complexity index is 483. The molecule has 2 heterocycles. The molecule has 1 aliphatic heterocycles. The lowest BCUT2D eigenvalue weighted by atomic mass is 10.2. The fourth-order valence-electron chi connectivity index (χ4n) is 2.48. The van der Waals surface area contributed by atoms with Crippen LogP contribution in [-0.2, 0) is 11.3 Å². The van der Waals surface area contributed by atoms with Crippen LogP contribution in [0.2, 0.25) is 0 Å². The van der Waals surface area contributed by atoms with Gasteiger partial charge in [0, 0.05) is 31.9 Å². The van der Waals surface area contributed by atoms with Crippen molar-refractivity contribution in [1.29, 1.82) is 0 Å². The van der Waals surface area contributed by atoms with Crippen molar-refractivity contribution in [3.05, 3.63) is 24.0 Å². The molecule has 6 heteroatoms. The molecule has 1 saturated heterocycles. The Morgan fingerprint density at radius 1 is 1.42 bits per heavy atom. The molecule has 2 rings (SSSR count). The maximum absolute atomic E-state index is 12.5. The maximum atomic E-state index is 12.5. The predicted molar refractivity (Wildman–Crippen MR) is 70.1 cm³/mol. The van der Waals surface area contributed by atoms with E-state index in [1.165, 1.54) is 4.57 Å². The van der Waals surface area contributed by atoms with Crippen molar-refractivity contribution in [3.63, 3.8) is 0 Å². The van der Waals surface area contributed by atoms with E-state index < -0.39 is 5.97 Å². The van der Waals surface area contributed by atoms with E-state index in [2.05, 4.69) is 4.90 Å². The Labute approximate surface area is 112 Å². The van der Waals surface area contributed by atoms with E-state index >= 15 is 0 Å². The minimum atomic E-state index is -0.948. The van der Waals surface area contributed by atoms with E-state index in [0.717, 1.165) is 13.1 Å². The highest BCUT2D eigenvalue weighted by Gasteiger charge is 2.28. The molecule has 1 aromatic rings. The van der Waals surface area contributed by atoms with Crippen LogP contribution in [0.3, 0.4) is 0 Å². The number of aliphatic carboxylic acids is 1. The Hall–Kier alpha value is -1.82. The van der Waals surface area contributed by atoms with Crippen LogP contribution in [0.5, 0.6) is 0 Å². The topological polar surface area (TPSA) is 65.8 Å². The number of carboxylic acids is 1. The number of hydrogen-bond acceptors (Lipinski definition) is 3. The molecule has 1 unspecified atom stereocenters. The average Bonchev–Trinajstić information content (AvgIpc) is 2.75. The van der Waals surface area contributed by atoms with Crippen LogP contribution in [0.4, 0.5) is 0 Å². The first-order valence-corrected chi connectivity index (χ1v) is 6.35. The minimum absolute atomic E-state index is 0.0909. The number of amides is 1. The normalized spacial score (nSPS) is 20.5. The molecule has 1 atom stereocenters. The zero-order valence-corrected chi connectivity index (χ0v) is 11.2. The second kappa shape index (κ2) is 5.44. The zero-order chi connectivity index (χ0) is 14.0. The molecular weight excluding hydrogens is 246 g/mol. The third kappa shape index (κ3) is 2.96. The van der Waals surface area contributed by atoms with Gasteiger partial charge in [0.25, 0.3) is 5.91 Å². The van der Waals surface area contributed by atoms with E-state index in [-0.39, 0.29) is 18.5 Å². The van der Waals surface area contributed by atoms with Crippen LogP contribution >= 0.6 is 0 Å². The fraction of sp³-hybridized carbons (Fsp3) is 0.538. The number of piperazine rings is 1. The summed E-state index contributed by atoms with van der Waals surface area (Å²) < 4.78 is 1.48. The molecule has 0 aliphatic carbocycles. The number of likely N-dealkylation sites (N-methyl/N-ethyl adjacent to an activating group) is 1. The molecule has 1 aliphatic rings. The zero-order valence-electron chi connectivity index (χ0n) is 11.2. The summed E-state index contributed by atoms with van der Waals surface area (Å²) in [7, 11) is 2.03. The van der Waals surface area contributed by atoms with Gasteiger partial charge in [0.2, 0.25) is 0 Å². The van der Waals surface area contributed by atoms with E-state index in [1.807, 2.05) is 18.9 Å². The van der Waals surface area contributed by atoms with Crippen LogP contribution in [0.1, 0.15) is 17.4 Å². The number of aromatic nitrogens is 1. The van der Waals surface area contributed by atoms with Gasteiger partial charge in [0.05, 0.1) is 0 Å². The first-order valence-electron chi connectivity index (χ1n) is 6.35. The highest BCUT2D eigenvalue weighted by Crippen LogP contribution is 2.14. The molecule has 0 spiro atoms. The SMILES string of the molecule is CC1CN(C)CCN1C(=O)c1cccn1CC(=O)O. The van der Waals surface area contributed by atoms with Crippen LogP contribution in [0.15, 0.2) is 18.3 Å². The molecule has 6 nitrogen and oxygen atoms in total. The van der Waals surface area contributed by atoms with Gasteiger partial charge in [0.15, 0.2) is 0 Å². The van der Waals surface area contributed by atoms with Crippen molar-refractivity contribution in [2.24, 2.45) is 0 Å². The van der Waals surface area contributed by atoms with Gasteiger partial charge in [-0.3, -0.25) is 9.59 Å². The Kier molecular flexibility index (Phi) is 3.90. The van der Waals surface area contributed by atoms with Gasteiger partial charge in [-0.05, 0) is 26.1 Å². The summed E-state index contributed by atoms with van der Waals surface area (Å²) in [5.74, 6) is -1.04. The lowest BCUT2D eigenvalue weighted by Gasteiger charge is -2.38. The highest BCUT2D eigenvalue weighted by atomic mass is 16.4. The molecule has 0 bridgehead atoms. The smallest absolute Gasteiger partial charge is 0.323 e. The van der Waals surface area contributed by atoms with Gasteiger partial charge in [0.1, 0.15) is 12.2 Å². The predicted octanol–water partition coefficient (Wildman–Crippen LogP) is 0.349. The number of nitrogens with zero attached hydrogens (tertiary/aromatic N) is 3. The van der Waals surface area contributed by atoms with Gasteiger partial charge >= 0.3 is 5.97 Å². The van der Waals surface area contributed by atoms with Gasteiger partial charge < -0.3 is 19.5 Å². The van der Waals surface area contributed by atoms with Crippen molar-refractivity contribution < 1.29 is 14.7 Å². The summed E-state index contributed by atoms with van der Waals surface area (Å²) in [6.45, 7) is 4.18. The molecule has 1 fully saturated rings. The molecule has 1 amide bonds. The first-order chi connectivity index (χ1) is 8.99. The van der Waals surface area contributed by atoms with Gasteiger partial charge in [-0.1, -0.05) is 0 Å². The molecule has 19 heavy (non-hydrogen) atoms. The highest BCUT2D eigenvalue weighted by molar-refractivity contribution is 5.93. The van der Waals surface area contributed by atoms with E-state index in [0.29, 0.717) is 12.2 Å². The van der Waals surface area contributed by atoms with Gasteiger partial charge in [-0.25, -0.2) is 0 Å². The number of carboxylic acid groups (broad SMARTS) is 1. The standard InChI is InChI=1S/C13H19N3O3/c1-10-8-14(2)6-7-16(10)13(19)11-4-3-5-15(11)9-12(17)18/h3-5,10H,6-9H2,1-2H3,(H,17,18). The third-order valence-electron chi connectivity index (χ3n) is 3.45. The van der Waals surface area contributed by atoms with Gasteiger partial charge in [-0.15, -0.1) is 0 Å². The molecule has 1 N–H and O–H groups in total. The fourth-order valence-corrected chi connectivity index (χ4v) is 2.48. The van der Waals surface area contributed by atoms with Crippen LogP contribution in [0, 0.1) is 0 Å². The summed E-state index contributed by atoms with van der Waals surface area (Å²) in [6.07, 6.45) is 1.63. The summed E-state index contributed by atoms with van der Waals surface area (Å²) in [5, 5.41) is 8.84. The van der Waals surface area contributed by atoms with Crippen LogP contribution < -0.4 is 0 Å². The second-order valence-corrected chi connectivity index (χ2v) is 5.02. The molecule has 0 saturated carbocycles. The van der Waals surface area contributed by atoms with Crippen molar-refractivity contribution >= 4 is 11.9 Å². The van der Waals surface area contributed by atoms with Gasteiger partial charge in [-0.2, -0.15) is 0 Å². The van der Waals surface area contributed by atoms with Crippen molar-refractivity contribution in [2.45, 2.75) is 19.5 Å². The summed E-state index contributed by atoms with van der Waals surface area (Å²) in [5.41, 5.74) is 0.443. The summed E-state index contributed by atoms with van der Waals surface area (Å²) >= 11 is 0.